The number of nitro groups is 1. The van der Waals surface area contributed by atoms with Crippen LogP contribution < -0.4 is 10.1 Å². The summed E-state index contributed by atoms with van der Waals surface area (Å²) in [4.78, 5) is 32.3. The van der Waals surface area contributed by atoms with Gasteiger partial charge in [-0.25, -0.2) is 0 Å². The molecule has 0 fully saturated rings. The normalized spacial score (nSPS) is 9.91. The van der Waals surface area contributed by atoms with Gasteiger partial charge in [0.25, 0.3) is 11.6 Å². The van der Waals surface area contributed by atoms with E-state index >= 15 is 0 Å². The number of nitro benzene ring substituents is 1. The number of carbonyl (C=O) groups excluding carboxylic acids is 2. The number of aldehydes is 1. The van der Waals surface area contributed by atoms with E-state index in [0.29, 0.717) is 11.3 Å². The van der Waals surface area contributed by atoms with E-state index in [0.717, 1.165) is 11.8 Å². The van der Waals surface area contributed by atoms with Crippen molar-refractivity contribution in [1.29, 1.82) is 0 Å². The summed E-state index contributed by atoms with van der Waals surface area (Å²) >= 11 is 0. The summed E-state index contributed by atoms with van der Waals surface area (Å²) < 4.78 is 5.29. The van der Waals surface area contributed by atoms with E-state index in [1.54, 1.807) is 36.4 Å². The van der Waals surface area contributed by atoms with Crippen LogP contribution in [0, 0.1) is 10.1 Å². The highest BCUT2D eigenvalue weighted by Gasteiger charge is 2.06. The van der Waals surface area contributed by atoms with Crippen LogP contribution in [0.25, 0.3) is 0 Å². The molecule has 1 N–H and O–H groups in total. The lowest BCUT2D eigenvalue weighted by Crippen LogP contribution is -2.28. The molecule has 7 nitrogen and oxygen atoms in total. The van der Waals surface area contributed by atoms with E-state index in [1.807, 2.05) is 0 Å². The van der Waals surface area contributed by atoms with E-state index in [9.17, 15) is 19.7 Å². The second-order valence-electron chi connectivity index (χ2n) is 4.68. The van der Waals surface area contributed by atoms with Crippen molar-refractivity contribution in [2.75, 3.05) is 6.61 Å². The highest BCUT2D eigenvalue weighted by molar-refractivity contribution is 5.77. The van der Waals surface area contributed by atoms with E-state index < -0.39 is 4.92 Å². The molecule has 2 aromatic rings. The lowest BCUT2D eigenvalue weighted by atomic mass is 10.2. The Labute approximate surface area is 132 Å². The van der Waals surface area contributed by atoms with Gasteiger partial charge in [0, 0.05) is 24.2 Å². The highest BCUT2D eigenvalue weighted by atomic mass is 16.6. The first-order valence-corrected chi connectivity index (χ1v) is 6.76. The number of nitrogens with one attached hydrogen (secondary N) is 1. The number of hydrogen-bond donors (Lipinski definition) is 1. The van der Waals surface area contributed by atoms with E-state index in [4.69, 9.17) is 4.74 Å². The van der Waals surface area contributed by atoms with Crippen molar-refractivity contribution >= 4 is 17.9 Å². The summed E-state index contributed by atoms with van der Waals surface area (Å²) in [5.41, 5.74) is 1.28. The van der Waals surface area contributed by atoms with Crippen molar-refractivity contribution in [3.05, 3.63) is 69.8 Å². The Morgan fingerprint density at radius 3 is 2.35 bits per heavy atom. The minimum atomic E-state index is -0.480. The van der Waals surface area contributed by atoms with Gasteiger partial charge in [-0.1, -0.05) is 12.1 Å². The second kappa shape index (κ2) is 7.69. The number of ether oxygens (including phenoxy) is 1. The molecule has 0 aliphatic heterocycles. The lowest BCUT2D eigenvalue weighted by molar-refractivity contribution is -0.384. The number of rotatable bonds is 7. The van der Waals surface area contributed by atoms with Crippen molar-refractivity contribution in [3.8, 4) is 5.75 Å². The maximum Gasteiger partial charge on any atom is 0.269 e. The van der Waals surface area contributed by atoms with Gasteiger partial charge in [0.1, 0.15) is 12.0 Å². The number of benzene rings is 2. The van der Waals surface area contributed by atoms with Crippen LogP contribution in [0.2, 0.25) is 0 Å². The molecule has 0 radical (unpaired) electrons. The first-order chi connectivity index (χ1) is 11.1. The zero-order chi connectivity index (χ0) is 16.7. The first-order valence-electron chi connectivity index (χ1n) is 6.76. The summed E-state index contributed by atoms with van der Waals surface area (Å²) in [6, 6.07) is 12.3. The summed E-state index contributed by atoms with van der Waals surface area (Å²) in [5.74, 6) is 0.170. The molecule has 2 aromatic carbocycles. The summed E-state index contributed by atoms with van der Waals surface area (Å²) in [6.45, 7) is 0.0949. The standard InChI is InChI=1S/C16H14N2O5/c19-10-13-3-7-15(8-4-13)23-11-16(20)17-9-12-1-5-14(6-2-12)18(21)22/h1-8,10H,9,11H2,(H,17,20). The summed E-state index contributed by atoms with van der Waals surface area (Å²) in [6.07, 6.45) is 0.723. The predicted molar refractivity (Wildman–Crippen MR) is 82.3 cm³/mol. The smallest absolute Gasteiger partial charge is 0.269 e. The largest absolute Gasteiger partial charge is 0.484 e. The lowest BCUT2D eigenvalue weighted by Gasteiger charge is -2.07. The number of non-ortho nitro benzene ring substituents is 1. The van der Waals surface area contributed by atoms with Gasteiger partial charge >= 0.3 is 0 Å². The molecule has 0 aromatic heterocycles. The minimum Gasteiger partial charge on any atom is -0.484 e. The van der Waals surface area contributed by atoms with Crippen LogP contribution in [0.1, 0.15) is 15.9 Å². The molecular formula is C16H14N2O5. The Morgan fingerprint density at radius 1 is 1.13 bits per heavy atom. The average molecular weight is 314 g/mol. The average Bonchev–Trinajstić information content (AvgIpc) is 2.59. The third kappa shape index (κ3) is 4.92. The van der Waals surface area contributed by atoms with Crippen LogP contribution in [-0.4, -0.2) is 23.7 Å². The fraction of sp³-hybridized carbons (Fsp3) is 0.125. The molecule has 0 saturated heterocycles. The van der Waals surface area contributed by atoms with Gasteiger partial charge in [-0.05, 0) is 29.8 Å². The molecule has 0 atom stereocenters. The van der Waals surface area contributed by atoms with Crippen molar-refractivity contribution < 1.29 is 19.2 Å². The molecular weight excluding hydrogens is 300 g/mol. The third-order valence-electron chi connectivity index (χ3n) is 3.02. The van der Waals surface area contributed by atoms with Gasteiger partial charge in [-0.15, -0.1) is 0 Å². The fourth-order valence-corrected chi connectivity index (χ4v) is 1.78. The Morgan fingerprint density at radius 2 is 1.78 bits per heavy atom. The molecule has 7 heteroatoms. The molecule has 0 aliphatic rings. The van der Waals surface area contributed by atoms with Gasteiger partial charge in [0.2, 0.25) is 0 Å². The van der Waals surface area contributed by atoms with E-state index in [2.05, 4.69) is 5.32 Å². The van der Waals surface area contributed by atoms with Gasteiger partial charge < -0.3 is 10.1 Å². The maximum absolute atomic E-state index is 11.7. The van der Waals surface area contributed by atoms with Gasteiger partial charge in [0.05, 0.1) is 4.92 Å². The molecule has 0 bridgehead atoms. The quantitative estimate of drug-likeness (QED) is 0.479. The molecule has 2 rings (SSSR count). The van der Waals surface area contributed by atoms with Crippen LogP contribution in [0.4, 0.5) is 5.69 Å². The van der Waals surface area contributed by atoms with Crippen molar-refractivity contribution in [2.24, 2.45) is 0 Å². The number of nitrogens with zero attached hydrogens (tertiary/aromatic N) is 1. The third-order valence-corrected chi connectivity index (χ3v) is 3.02. The Kier molecular flexibility index (Phi) is 5.40. The monoisotopic (exact) mass is 314 g/mol. The zero-order valence-corrected chi connectivity index (χ0v) is 12.1. The van der Waals surface area contributed by atoms with Crippen LogP contribution in [0.5, 0.6) is 5.75 Å². The summed E-state index contributed by atoms with van der Waals surface area (Å²) in [7, 11) is 0. The highest BCUT2D eigenvalue weighted by Crippen LogP contribution is 2.12. The summed E-state index contributed by atoms with van der Waals surface area (Å²) in [5, 5.41) is 13.2. The second-order valence-corrected chi connectivity index (χ2v) is 4.68. The van der Waals surface area contributed by atoms with E-state index in [1.165, 1.54) is 12.1 Å². The Balaban J connectivity index is 1.78. The number of hydrogen-bond acceptors (Lipinski definition) is 5. The van der Waals surface area contributed by atoms with Gasteiger partial charge in [-0.2, -0.15) is 0 Å². The molecule has 0 unspecified atom stereocenters. The van der Waals surface area contributed by atoms with Gasteiger partial charge in [-0.3, -0.25) is 19.7 Å². The molecule has 0 saturated carbocycles. The molecule has 0 spiro atoms. The molecule has 23 heavy (non-hydrogen) atoms. The Bertz CT molecular complexity index is 695. The number of carbonyl (C=O) groups is 2. The van der Waals surface area contributed by atoms with Crippen molar-refractivity contribution in [3.63, 3.8) is 0 Å². The van der Waals surface area contributed by atoms with Crippen LogP contribution in [0.15, 0.2) is 48.5 Å². The van der Waals surface area contributed by atoms with Crippen LogP contribution >= 0.6 is 0 Å². The van der Waals surface area contributed by atoms with E-state index in [-0.39, 0.29) is 24.7 Å². The van der Waals surface area contributed by atoms with Crippen LogP contribution in [-0.2, 0) is 11.3 Å². The van der Waals surface area contributed by atoms with Crippen molar-refractivity contribution in [1.82, 2.24) is 5.32 Å². The predicted octanol–water partition coefficient (Wildman–Crippen LogP) is 2.10. The van der Waals surface area contributed by atoms with Crippen LogP contribution in [0.3, 0.4) is 0 Å². The zero-order valence-electron chi connectivity index (χ0n) is 12.1. The SMILES string of the molecule is O=Cc1ccc(OCC(=O)NCc2ccc([N+](=O)[O-])cc2)cc1. The first kappa shape index (κ1) is 16.2. The Hall–Kier alpha value is -3.22. The fourth-order valence-electron chi connectivity index (χ4n) is 1.78. The molecule has 0 heterocycles. The maximum atomic E-state index is 11.7. The van der Waals surface area contributed by atoms with Gasteiger partial charge in [0.15, 0.2) is 6.61 Å². The molecule has 118 valence electrons. The van der Waals surface area contributed by atoms with Crippen molar-refractivity contribution in [2.45, 2.75) is 6.54 Å². The molecule has 0 aliphatic carbocycles. The molecule has 1 amide bonds. The number of amides is 1. The topological polar surface area (TPSA) is 98.5 Å². The minimum absolute atomic E-state index is 0.00202.